The Morgan fingerprint density at radius 1 is 1.09 bits per heavy atom. The minimum absolute atomic E-state index is 0.00494. The van der Waals surface area contributed by atoms with Crippen LogP contribution < -0.4 is 10.1 Å². The summed E-state index contributed by atoms with van der Waals surface area (Å²) in [5, 5.41) is 4.02. The predicted molar refractivity (Wildman–Crippen MR) is 138 cm³/mol. The number of dihydropyridines is 1. The van der Waals surface area contributed by atoms with E-state index in [0.717, 1.165) is 21.3 Å². The van der Waals surface area contributed by atoms with Gasteiger partial charge in [-0.15, -0.1) is 0 Å². The van der Waals surface area contributed by atoms with Crippen molar-refractivity contribution in [3.63, 3.8) is 0 Å². The maximum absolute atomic E-state index is 13.7. The van der Waals surface area contributed by atoms with Crippen LogP contribution in [-0.2, 0) is 19.1 Å². The minimum atomic E-state index is -0.554. The fourth-order valence-corrected chi connectivity index (χ4v) is 5.46. The number of ketones is 1. The molecule has 2 aromatic rings. The van der Waals surface area contributed by atoms with E-state index < -0.39 is 11.9 Å². The lowest BCUT2D eigenvalue weighted by Crippen LogP contribution is -2.36. The molecule has 2 atom stereocenters. The quantitative estimate of drug-likeness (QED) is 0.348. The first-order valence-corrected chi connectivity index (χ1v) is 12.5. The molecule has 1 heterocycles. The summed E-state index contributed by atoms with van der Waals surface area (Å²) in [6.07, 6.45) is 1.00. The van der Waals surface area contributed by atoms with E-state index in [9.17, 15) is 9.59 Å². The van der Waals surface area contributed by atoms with E-state index in [1.807, 2.05) is 49.4 Å². The molecule has 2 aliphatic rings. The number of carbonyl (C=O) groups is 2. The van der Waals surface area contributed by atoms with E-state index >= 15 is 0 Å². The molecule has 0 unspecified atom stereocenters. The third kappa shape index (κ3) is 5.32. The number of methoxy groups -OCH3 is 2. The Hall–Kier alpha value is -2.61. The number of carbonyl (C=O) groups excluding carboxylic acids is 2. The number of hydrogen-bond donors (Lipinski definition) is 1. The summed E-state index contributed by atoms with van der Waals surface area (Å²) in [7, 11) is 3.14. The highest BCUT2D eigenvalue weighted by molar-refractivity contribution is 9.10. The SMILES string of the molecule is COCCOC(=O)C1=C(C)NC2=C(C(=O)C[C@H](c3ccc(Cl)cc3)C2)[C@H]1c1ccc(OC)c(Br)c1. The monoisotopic (exact) mass is 559 g/mol. The van der Waals surface area contributed by atoms with E-state index in [2.05, 4.69) is 21.2 Å². The van der Waals surface area contributed by atoms with Crippen molar-refractivity contribution in [3.8, 4) is 5.75 Å². The minimum Gasteiger partial charge on any atom is -0.496 e. The average molecular weight is 561 g/mol. The second-order valence-corrected chi connectivity index (χ2v) is 9.88. The molecule has 1 aliphatic carbocycles. The van der Waals surface area contributed by atoms with Gasteiger partial charge < -0.3 is 19.5 Å². The second-order valence-electron chi connectivity index (χ2n) is 8.59. The van der Waals surface area contributed by atoms with Gasteiger partial charge in [-0.2, -0.15) is 0 Å². The summed E-state index contributed by atoms with van der Waals surface area (Å²) in [6.45, 7) is 2.27. The lowest BCUT2D eigenvalue weighted by Gasteiger charge is -2.36. The van der Waals surface area contributed by atoms with Gasteiger partial charge in [0, 0.05) is 41.4 Å². The number of allylic oxidation sites excluding steroid dienone is 3. The lowest BCUT2D eigenvalue weighted by atomic mass is 9.71. The van der Waals surface area contributed by atoms with Crippen molar-refractivity contribution in [2.45, 2.75) is 31.6 Å². The number of esters is 1. The molecule has 0 fully saturated rings. The van der Waals surface area contributed by atoms with Crippen LogP contribution in [0.4, 0.5) is 0 Å². The standard InChI is InChI=1S/C27H27BrClNO5/c1-15-24(27(32)35-11-10-33-2)25(17-6-9-23(34-3)20(28)12-17)26-21(30-15)13-18(14-22(26)31)16-4-7-19(29)8-5-16/h4-9,12,18,25,30H,10-11,13-14H2,1-3H3/t18-,25+/m1/s1. The highest BCUT2D eigenvalue weighted by atomic mass is 79.9. The number of hydrogen-bond acceptors (Lipinski definition) is 6. The molecule has 184 valence electrons. The van der Waals surface area contributed by atoms with Gasteiger partial charge in [0.25, 0.3) is 0 Å². The molecule has 1 N–H and O–H groups in total. The lowest BCUT2D eigenvalue weighted by molar-refractivity contribution is -0.140. The topological polar surface area (TPSA) is 73.9 Å². The molecule has 8 heteroatoms. The smallest absolute Gasteiger partial charge is 0.336 e. The number of nitrogens with one attached hydrogen (secondary N) is 1. The highest BCUT2D eigenvalue weighted by Gasteiger charge is 2.41. The number of benzene rings is 2. The van der Waals surface area contributed by atoms with Gasteiger partial charge in [-0.05, 0) is 70.6 Å². The zero-order chi connectivity index (χ0) is 25.1. The van der Waals surface area contributed by atoms with E-state index in [1.54, 1.807) is 14.2 Å². The maximum atomic E-state index is 13.7. The number of rotatable bonds is 7. The van der Waals surface area contributed by atoms with Crippen LogP contribution in [0.25, 0.3) is 0 Å². The fourth-order valence-electron chi connectivity index (χ4n) is 4.77. The van der Waals surface area contributed by atoms with E-state index in [-0.39, 0.29) is 18.3 Å². The van der Waals surface area contributed by atoms with Crippen LogP contribution in [0.5, 0.6) is 5.75 Å². The normalized spacial score (nSPS) is 19.9. The van der Waals surface area contributed by atoms with Gasteiger partial charge in [-0.3, -0.25) is 4.79 Å². The van der Waals surface area contributed by atoms with Gasteiger partial charge in [0.1, 0.15) is 12.4 Å². The first-order chi connectivity index (χ1) is 16.8. The predicted octanol–water partition coefficient (Wildman–Crippen LogP) is 5.66. The van der Waals surface area contributed by atoms with Crippen LogP contribution in [0.3, 0.4) is 0 Å². The third-order valence-electron chi connectivity index (χ3n) is 6.42. The van der Waals surface area contributed by atoms with Crippen LogP contribution in [0.15, 0.2) is 69.5 Å². The molecule has 0 spiro atoms. The molecule has 0 amide bonds. The zero-order valence-corrected chi connectivity index (χ0v) is 22.2. The van der Waals surface area contributed by atoms with Crippen LogP contribution in [0.2, 0.25) is 5.02 Å². The Balaban J connectivity index is 1.77. The largest absolute Gasteiger partial charge is 0.496 e. The van der Waals surface area contributed by atoms with Gasteiger partial charge in [-0.1, -0.05) is 29.8 Å². The van der Waals surface area contributed by atoms with Gasteiger partial charge in [0.15, 0.2) is 5.78 Å². The third-order valence-corrected chi connectivity index (χ3v) is 7.29. The first-order valence-electron chi connectivity index (χ1n) is 11.3. The first kappa shape index (κ1) is 25.5. The number of ether oxygens (including phenoxy) is 3. The Kier molecular flexibility index (Phi) is 7.99. The van der Waals surface area contributed by atoms with Crippen LogP contribution >= 0.6 is 27.5 Å². The van der Waals surface area contributed by atoms with Crippen molar-refractivity contribution in [1.82, 2.24) is 5.32 Å². The highest BCUT2D eigenvalue weighted by Crippen LogP contribution is 2.46. The number of halogens is 2. The van der Waals surface area contributed by atoms with Gasteiger partial charge in [-0.25, -0.2) is 4.79 Å². The van der Waals surface area contributed by atoms with Crippen molar-refractivity contribution >= 4 is 39.3 Å². The number of Topliss-reactive ketones (excluding diaryl/α,β-unsaturated/α-hetero) is 1. The Morgan fingerprint density at radius 2 is 1.80 bits per heavy atom. The molecule has 0 aromatic heterocycles. The summed E-state index contributed by atoms with van der Waals surface area (Å²) in [6, 6.07) is 13.2. The van der Waals surface area contributed by atoms with Gasteiger partial charge >= 0.3 is 5.97 Å². The summed E-state index contributed by atoms with van der Waals surface area (Å²) < 4.78 is 16.6. The molecule has 2 aromatic carbocycles. The van der Waals surface area contributed by atoms with Crippen LogP contribution in [-0.4, -0.2) is 39.2 Å². The van der Waals surface area contributed by atoms with Crippen molar-refractivity contribution in [3.05, 3.63) is 85.6 Å². The zero-order valence-electron chi connectivity index (χ0n) is 19.8. The van der Waals surface area contributed by atoms with E-state index in [0.29, 0.717) is 47.1 Å². The Labute approximate surface area is 218 Å². The Bertz CT molecular complexity index is 1200. The van der Waals surface area contributed by atoms with Crippen LogP contribution in [0, 0.1) is 0 Å². The molecule has 4 rings (SSSR count). The molecule has 0 saturated carbocycles. The van der Waals surface area contributed by atoms with E-state index in [4.69, 9.17) is 25.8 Å². The molecule has 1 aliphatic heterocycles. The molecular formula is C27H27BrClNO5. The summed E-state index contributed by atoms with van der Waals surface area (Å²) >= 11 is 9.61. The van der Waals surface area contributed by atoms with Crippen molar-refractivity contribution in [1.29, 1.82) is 0 Å². The second kappa shape index (κ2) is 11.0. The summed E-state index contributed by atoms with van der Waals surface area (Å²) in [5.74, 6) is -0.326. The summed E-state index contributed by atoms with van der Waals surface area (Å²) in [4.78, 5) is 26.9. The van der Waals surface area contributed by atoms with Crippen molar-refractivity contribution in [2.24, 2.45) is 0 Å². The molecular weight excluding hydrogens is 534 g/mol. The molecule has 0 saturated heterocycles. The Morgan fingerprint density at radius 3 is 2.46 bits per heavy atom. The summed E-state index contributed by atoms with van der Waals surface area (Å²) in [5.41, 5.74) is 4.41. The van der Waals surface area contributed by atoms with Crippen molar-refractivity contribution in [2.75, 3.05) is 27.4 Å². The maximum Gasteiger partial charge on any atom is 0.336 e. The average Bonchev–Trinajstić information content (AvgIpc) is 2.83. The van der Waals surface area contributed by atoms with Gasteiger partial charge in [0.2, 0.25) is 0 Å². The van der Waals surface area contributed by atoms with Gasteiger partial charge in [0.05, 0.1) is 23.8 Å². The fraction of sp³-hybridized carbons (Fsp3) is 0.333. The van der Waals surface area contributed by atoms with Crippen molar-refractivity contribution < 1.29 is 23.8 Å². The van der Waals surface area contributed by atoms with Crippen LogP contribution in [0.1, 0.15) is 42.7 Å². The van der Waals surface area contributed by atoms with E-state index in [1.165, 1.54) is 0 Å². The molecule has 0 bridgehead atoms. The molecule has 6 nitrogen and oxygen atoms in total. The molecule has 0 radical (unpaired) electrons. The molecule has 35 heavy (non-hydrogen) atoms.